The van der Waals surface area contributed by atoms with Crippen molar-refractivity contribution in [2.75, 3.05) is 13.2 Å². The Balaban J connectivity index is 1.81. The number of ether oxygens (including phenoxy) is 1. The predicted octanol–water partition coefficient (Wildman–Crippen LogP) is 2.82. The van der Waals surface area contributed by atoms with Crippen LogP contribution in [0.25, 0.3) is 5.76 Å². The fourth-order valence-electron chi connectivity index (χ4n) is 3.73. The number of aliphatic hydroxyl groups excluding tert-OH is 1. The van der Waals surface area contributed by atoms with Crippen LogP contribution in [0.5, 0.6) is 0 Å². The van der Waals surface area contributed by atoms with Gasteiger partial charge in [0.1, 0.15) is 11.6 Å². The summed E-state index contributed by atoms with van der Waals surface area (Å²) in [6.07, 6.45) is 4.51. The molecule has 1 aromatic carbocycles. The Morgan fingerprint density at radius 1 is 1.18 bits per heavy atom. The molecule has 2 aliphatic rings. The van der Waals surface area contributed by atoms with E-state index in [0.717, 1.165) is 12.8 Å². The number of aromatic nitrogens is 1. The quantitative estimate of drug-likeness (QED) is 0.500. The van der Waals surface area contributed by atoms with Gasteiger partial charge in [0, 0.05) is 31.1 Å². The summed E-state index contributed by atoms with van der Waals surface area (Å²) in [6.45, 7) is 0.854. The van der Waals surface area contributed by atoms with Gasteiger partial charge in [-0.25, -0.2) is 4.39 Å². The standard InChI is InChI=1S/C21H19FN2O4/c22-15-5-3-13(4-6-15)18-17(19(25)14-7-9-23-10-8-14)20(26)21(27)24(18)12-16-2-1-11-28-16/h3-10,16,18,25H,1-2,11-12H2/b19-17-. The topological polar surface area (TPSA) is 79.7 Å². The molecule has 2 unspecified atom stereocenters. The number of carbonyl (C=O) groups is 2. The summed E-state index contributed by atoms with van der Waals surface area (Å²) >= 11 is 0. The first-order valence-corrected chi connectivity index (χ1v) is 9.12. The first-order valence-electron chi connectivity index (χ1n) is 9.12. The number of benzene rings is 1. The molecule has 144 valence electrons. The van der Waals surface area contributed by atoms with E-state index in [4.69, 9.17) is 4.74 Å². The molecule has 1 N–H and O–H groups in total. The molecule has 4 rings (SSSR count). The van der Waals surface area contributed by atoms with E-state index in [-0.39, 0.29) is 24.0 Å². The largest absolute Gasteiger partial charge is 0.507 e. The van der Waals surface area contributed by atoms with Crippen LogP contribution in [0.2, 0.25) is 0 Å². The molecule has 3 heterocycles. The molecule has 28 heavy (non-hydrogen) atoms. The number of hydrogen-bond donors (Lipinski definition) is 1. The molecular weight excluding hydrogens is 363 g/mol. The van der Waals surface area contributed by atoms with E-state index < -0.39 is 23.5 Å². The third kappa shape index (κ3) is 3.29. The summed E-state index contributed by atoms with van der Waals surface area (Å²) in [5, 5.41) is 10.8. The minimum atomic E-state index is -0.807. The predicted molar refractivity (Wildman–Crippen MR) is 98.6 cm³/mol. The van der Waals surface area contributed by atoms with Crippen LogP contribution in [0.3, 0.4) is 0 Å². The van der Waals surface area contributed by atoms with Crippen molar-refractivity contribution in [3.05, 3.63) is 71.3 Å². The molecule has 6 nitrogen and oxygen atoms in total. The van der Waals surface area contributed by atoms with Crippen molar-refractivity contribution < 1.29 is 23.8 Å². The van der Waals surface area contributed by atoms with E-state index in [2.05, 4.69) is 4.98 Å². The number of nitrogens with zero attached hydrogens (tertiary/aromatic N) is 2. The third-order valence-corrected chi connectivity index (χ3v) is 5.10. The number of Topliss-reactive ketones (excluding diaryl/α,β-unsaturated/α-hetero) is 1. The first kappa shape index (κ1) is 18.3. The Morgan fingerprint density at radius 3 is 2.54 bits per heavy atom. The number of likely N-dealkylation sites (tertiary alicyclic amines) is 1. The molecule has 0 spiro atoms. The van der Waals surface area contributed by atoms with Gasteiger partial charge in [0.05, 0.1) is 17.7 Å². The van der Waals surface area contributed by atoms with Crippen LogP contribution in [-0.2, 0) is 14.3 Å². The van der Waals surface area contributed by atoms with E-state index in [0.29, 0.717) is 17.7 Å². The molecule has 2 aliphatic heterocycles. The van der Waals surface area contributed by atoms with E-state index in [1.54, 1.807) is 12.1 Å². The monoisotopic (exact) mass is 382 g/mol. The minimum absolute atomic E-state index is 0.0131. The zero-order valence-corrected chi connectivity index (χ0v) is 15.0. The van der Waals surface area contributed by atoms with Gasteiger partial charge in [-0.05, 0) is 42.7 Å². The van der Waals surface area contributed by atoms with Gasteiger partial charge in [0.15, 0.2) is 0 Å². The van der Waals surface area contributed by atoms with Gasteiger partial charge >= 0.3 is 0 Å². The zero-order valence-electron chi connectivity index (χ0n) is 15.0. The van der Waals surface area contributed by atoms with Crippen LogP contribution in [0.4, 0.5) is 4.39 Å². The van der Waals surface area contributed by atoms with Gasteiger partial charge in [-0.15, -0.1) is 0 Å². The maximum Gasteiger partial charge on any atom is 0.295 e. The zero-order chi connectivity index (χ0) is 19.7. The highest BCUT2D eigenvalue weighted by Gasteiger charge is 2.47. The summed E-state index contributed by atoms with van der Waals surface area (Å²) in [6, 6.07) is 7.90. The Labute approximate surface area is 161 Å². The lowest BCUT2D eigenvalue weighted by atomic mass is 9.95. The van der Waals surface area contributed by atoms with Gasteiger partial charge in [-0.1, -0.05) is 12.1 Å². The third-order valence-electron chi connectivity index (χ3n) is 5.10. The molecule has 7 heteroatoms. The molecule has 0 saturated carbocycles. The van der Waals surface area contributed by atoms with Crippen molar-refractivity contribution >= 4 is 17.4 Å². The number of ketones is 1. The summed E-state index contributed by atoms with van der Waals surface area (Å²) in [4.78, 5) is 30.9. The van der Waals surface area contributed by atoms with Crippen LogP contribution in [0.1, 0.15) is 30.0 Å². The average Bonchev–Trinajstić information content (AvgIpc) is 3.31. The highest BCUT2D eigenvalue weighted by molar-refractivity contribution is 6.46. The average molecular weight is 382 g/mol. The van der Waals surface area contributed by atoms with Gasteiger partial charge < -0.3 is 14.7 Å². The fraction of sp³-hybridized carbons (Fsp3) is 0.286. The summed E-state index contributed by atoms with van der Waals surface area (Å²) in [7, 11) is 0. The summed E-state index contributed by atoms with van der Waals surface area (Å²) in [5.41, 5.74) is 0.923. The lowest BCUT2D eigenvalue weighted by Crippen LogP contribution is -2.36. The smallest absolute Gasteiger partial charge is 0.295 e. The van der Waals surface area contributed by atoms with E-state index in [1.165, 1.54) is 41.6 Å². The molecule has 2 atom stereocenters. The van der Waals surface area contributed by atoms with Crippen molar-refractivity contribution in [3.63, 3.8) is 0 Å². The van der Waals surface area contributed by atoms with E-state index in [1.807, 2.05) is 0 Å². The Morgan fingerprint density at radius 2 is 1.89 bits per heavy atom. The summed E-state index contributed by atoms with van der Waals surface area (Å²) in [5.74, 6) is -2.15. The maximum absolute atomic E-state index is 13.4. The molecule has 1 amide bonds. The number of pyridine rings is 1. The van der Waals surface area contributed by atoms with Crippen LogP contribution in [-0.4, -0.2) is 45.9 Å². The Hall–Kier alpha value is -3.06. The molecule has 0 bridgehead atoms. The van der Waals surface area contributed by atoms with Gasteiger partial charge in [-0.3, -0.25) is 14.6 Å². The normalized spacial score (nSPS) is 24.1. The summed E-state index contributed by atoms with van der Waals surface area (Å²) < 4.78 is 19.1. The molecule has 0 aliphatic carbocycles. The SMILES string of the molecule is O=C1C(=O)N(CC2CCCO2)C(c2ccc(F)cc2)/C1=C(/O)c1ccncc1. The molecular formula is C21H19FN2O4. The van der Waals surface area contributed by atoms with E-state index in [9.17, 15) is 19.1 Å². The highest BCUT2D eigenvalue weighted by Crippen LogP contribution is 2.40. The van der Waals surface area contributed by atoms with Crippen molar-refractivity contribution in [1.82, 2.24) is 9.88 Å². The second-order valence-electron chi connectivity index (χ2n) is 6.87. The van der Waals surface area contributed by atoms with Crippen molar-refractivity contribution in [1.29, 1.82) is 0 Å². The second-order valence-corrected chi connectivity index (χ2v) is 6.87. The Kier molecular flexibility index (Phi) is 4.92. The van der Waals surface area contributed by atoms with Crippen molar-refractivity contribution in [2.24, 2.45) is 0 Å². The number of aliphatic hydroxyl groups is 1. The number of hydrogen-bond acceptors (Lipinski definition) is 5. The van der Waals surface area contributed by atoms with Crippen LogP contribution < -0.4 is 0 Å². The first-order chi connectivity index (χ1) is 13.6. The van der Waals surface area contributed by atoms with Gasteiger partial charge in [-0.2, -0.15) is 0 Å². The van der Waals surface area contributed by atoms with Gasteiger partial charge in [0.2, 0.25) is 0 Å². The fourth-order valence-corrected chi connectivity index (χ4v) is 3.73. The van der Waals surface area contributed by atoms with E-state index >= 15 is 0 Å². The Bertz CT molecular complexity index is 921. The number of halogens is 1. The van der Waals surface area contributed by atoms with Crippen LogP contribution in [0.15, 0.2) is 54.4 Å². The molecule has 2 saturated heterocycles. The number of carbonyl (C=O) groups excluding carboxylic acids is 2. The van der Waals surface area contributed by atoms with Crippen molar-refractivity contribution in [3.8, 4) is 0 Å². The van der Waals surface area contributed by atoms with Crippen LogP contribution in [0, 0.1) is 5.82 Å². The lowest BCUT2D eigenvalue weighted by Gasteiger charge is -2.27. The molecule has 2 aromatic rings. The number of rotatable bonds is 4. The second kappa shape index (κ2) is 7.52. The number of amides is 1. The highest BCUT2D eigenvalue weighted by atomic mass is 19.1. The molecule has 0 radical (unpaired) electrons. The lowest BCUT2D eigenvalue weighted by molar-refractivity contribution is -0.140. The van der Waals surface area contributed by atoms with Gasteiger partial charge in [0.25, 0.3) is 11.7 Å². The molecule has 2 fully saturated rings. The van der Waals surface area contributed by atoms with Crippen LogP contribution >= 0.6 is 0 Å². The minimum Gasteiger partial charge on any atom is -0.507 e. The van der Waals surface area contributed by atoms with Crippen molar-refractivity contribution in [2.45, 2.75) is 25.0 Å². The maximum atomic E-state index is 13.4. The molecule has 1 aromatic heterocycles.